The van der Waals surface area contributed by atoms with Gasteiger partial charge < -0.3 is 9.31 Å². The van der Waals surface area contributed by atoms with E-state index in [1.54, 1.807) is 0 Å². The van der Waals surface area contributed by atoms with Gasteiger partial charge in [-0.1, -0.05) is 437 Å². The third-order valence-electron chi connectivity index (χ3n) is 27.6. The first-order valence-corrected chi connectivity index (χ1v) is 45.1. The number of fused-ring (bicyclic) bond motifs is 18. The zero-order chi connectivity index (χ0) is 85.8. The minimum absolute atomic E-state index is 0.391. The molecular formula is C122H86BBrN2O2. The number of aromatic nitrogens is 2. The van der Waals surface area contributed by atoms with Crippen LogP contribution in [0.15, 0.2) is 453 Å². The van der Waals surface area contributed by atoms with Crippen LogP contribution >= 0.6 is 15.9 Å². The van der Waals surface area contributed by atoms with Crippen LogP contribution in [-0.4, -0.2) is 28.3 Å². The molecule has 22 aromatic rings. The van der Waals surface area contributed by atoms with Crippen LogP contribution in [0.1, 0.15) is 72.2 Å². The summed E-state index contributed by atoms with van der Waals surface area (Å²) in [5.41, 5.74) is 28.3. The van der Waals surface area contributed by atoms with E-state index < -0.39 is 29.2 Å². The van der Waals surface area contributed by atoms with Crippen molar-refractivity contribution in [3.05, 3.63) is 498 Å². The summed E-state index contributed by atoms with van der Waals surface area (Å²) in [5, 5.41) is 17.2. The molecule has 3 heterocycles. The lowest BCUT2D eigenvalue weighted by atomic mass is 9.67. The van der Waals surface area contributed by atoms with Crippen LogP contribution in [0.2, 0.25) is 0 Å². The van der Waals surface area contributed by atoms with Gasteiger partial charge in [0, 0.05) is 47.9 Å². The van der Waals surface area contributed by atoms with Gasteiger partial charge in [-0.25, -0.2) is 9.97 Å². The first-order valence-electron chi connectivity index (χ1n) is 44.3. The summed E-state index contributed by atoms with van der Waals surface area (Å²) in [6.07, 6.45) is 0. The van der Waals surface area contributed by atoms with E-state index in [9.17, 15) is 0 Å². The molecule has 0 bridgehead atoms. The van der Waals surface area contributed by atoms with E-state index in [2.05, 4.69) is 493 Å². The number of para-hydroxylation sites is 2. The molecule has 0 radical (unpaired) electrons. The number of benzene rings is 20. The molecule has 1 aliphatic heterocycles. The number of hydrogen-bond acceptors (Lipinski definition) is 4. The lowest BCUT2D eigenvalue weighted by Gasteiger charge is -2.34. The maximum absolute atomic E-state index is 6.36. The Balaban J connectivity index is 0.000000121. The number of halogens is 1. The van der Waals surface area contributed by atoms with Gasteiger partial charge in [0.2, 0.25) is 0 Å². The maximum Gasteiger partial charge on any atom is 0.494 e. The summed E-state index contributed by atoms with van der Waals surface area (Å²) in [5.74, 6) is 0. The standard InChI is InChI=1S/C58H37N.C44H36BNO2.C20H13Br/c1-4-18-38(19-5-1)53-43-24-10-12-26-45(43)54(46-27-13-11-25-44(46)53)39-32-34-40(35-33-39)57-49-36-37-51-56(55(49)48-29-15-17-31-52(48)59-57)47-28-14-16-30-50(47)58(51,41-20-6-2-7-21-41)42-22-8-3-9-23-42;1-42(2)43(3,4)48-45(47-42)32-25-23-29(24-26-32)41-35-27-28-37-40(39(35)34-20-12-14-22-38(34)46-41)33-19-11-13-21-36(33)44(37,30-15-7-5-8-16-30)31-17-9-6-10-18-31;21-20-17-12-6-4-10-15(17)19(14-8-2-1-3-9-14)16-11-5-7-13-18(16)20/h1-37H;5-28H,1-4H3;1-13H. The molecule has 0 unspecified atom stereocenters. The van der Waals surface area contributed by atoms with Gasteiger partial charge >= 0.3 is 7.12 Å². The van der Waals surface area contributed by atoms with Crippen LogP contribution in [0.25, 0.3) is 165 Å². The predicted octanol–water partition coefficient (Wildman–Crippen LogP) is 31.2. The highest BCUT2D eigenvalue weighted by Crippen LogP contribution is 2.62. The molecule has 0 atom stereocenters. The maximum atomic E-state index is 6.36. The molecule has 20 aromatic carbocycles. The van der Waals surface area contributed by atoms with Crippen molar-refractivity contribution < 1.29 is 9.31 Å². The van der Waals surface area contributed by atoms with E-state index in [1.807, 2.05) is 0 Å². The summed E-state index contributed by atoms with van der Waals surface area (Å²) in [7, 11) is -0.408. The van der Waals surface area contributed by atoms with E-state index in [-0.39, 0.29) is 0 Å². The van der Waals surface area contributed by atoms with Crippen LogP contribution in [0, 0.1) is 0 Å². The fourth-order valence-corrected chi connectivity index (χ4v) is 22.0. The second-order valence-electron chi connectivity index (χ2n) is 35.0. The predicted molar refractivity (Wildman–Crippen MR) is 540 cm³/mol. The lowest BCUT2D eigenvalue weighted by molar-refractivity contribution is 0.00578. The molecule has 0 spiro atoms. The molecule has 1 fully saturated rings. The van der Waals surface area contributed by atoms with Crippen molar-refractivity contribution in [1.82, 2.24) is 9.97 Å². The molecule has 128 heavy (non-hydrogen) atoms. The molecule has 6 heteroatoms. The van der Waals surface area contributed by atoms with Gasteiger partial charge in [-0.2, -0.15) is 0 Å². The third kappa shape index (κ3) is 12.4. The summed E-state index contributed by atoms with van der Waals surface area (Å²) in [6.45, 7) is 8.36. The van der Waals surface area contributed by atoms with E-state index in [4.69, 9.17) is 19.3 Å². The monoisotopic (exact) mass is 1700 g/mol. The third-order valence-corrected chi connectivity index (χ3v) is 28.5. The van der Waals surface area contributed by atoms with Gasteiger partial charge in [0.05, 0.1) is 44.5 Å². The average Bonchev–Trinajstić information content (AvgIpc) is 1.52. The Morgan fingerprint density at radius 2 is 0.484 bits per heavy atom. The van der Waals surface area contributed by atoms with E-state index in [1.165, 1.54) is 164 Å². The van der Waals surface area contributed by atoms with Gasteiger partial charge in [0.15, 0.2) is 0 Å². The molecule has 0 amide bonds. The molecule has 0 N–H and O–H groups in total. The Morgan fingerprint density at radius 3 is 0.836 bits per heavy atom. The fraction of sp³-hybridized carbons (Fsp3) is 0.0656. The average molecular weight is 1700 g/mol. The van der Waals surface area contributed by atoms with E-state index in [0.717, 1.165) is 55.2 Å². The van der Waals surface area contributed by atoms with Crippen LogP contribution in [0.5, 0.6) is 0 Å². The minimum atomic E-state index is -0.476. The van der Waals surface area contributed by atoms with E-state index >= 15 is 0 Å². The summed E-state index contributed by atoms with van der Waals surface area (Å²) in [4.78, 5) is 10.8. The zero-order valence-corrected chi connectivity index (χ0v) is 73.0. The Kier molecular flexibility index (Phi) is 19.2. The first kappa shape index (κ1) is 78.0. The van der Waals surface area contributed by atoms with Crippen molar-refractivity contribution in [1.29, 1.82) is 0 Å². The SMILES string of the molecule is Brc1c2ccccc2c(-c2ccccc2)c2ccccc12.CC1(C)OB(c2ccc(-c3nc4ccccc4c4c5c(ccc34)C(c3ccccc3)(c3ccccc3)c3ccccc3-5)cc2)OC1(C)C.c1ccc(-c2c3ccccc3c(-c3ccc(-c4nc5ccccc5c5c6c(ccc45)C(c4ccccc4)(c4ccccc4)c4ccccc4-6)cc3)c3ccccc23)cc1. The first-order chi connectivity index (χ1) is 63.0. The van der Waals surface area contributed by atoms with Gasteiger partial charge in [-0.15, -0.1) is 0 Å². The second-order valence-corrected chi connectivity index (χ2v) is 35.8. The zero-order valence-electron chi connectivity index (χ0n) is 71.4. The summed E-state index contributed by atoms with van der Waals surface area (Å²) >= 11 is 3.79. The molecule has 3 aliphatic rings. The molecule has 606 valence electrons. The van der Waals surface area contributed by atoms with Crippen molar-refractivity contribution in [2.45, 2.75) is 49.7 Å². The van der Waals surface area contributed by atoms with Crippen molar-refractivity contribution in [3.8, 4) is 78.1 Å². The summed E-state index contributed by atoms with van der Waals surface area (Å²) in [6, 6.07) is 163. The Labute approximate surface area is 754 Å². The normalized spacial score (nSPS) is 14.1. The quantitative estimate of drug-likeness (QED) is 0.0778. The van der Waals surface area contributed by atoms with Gasteiger partial charge in [-0.05, 0) is 204 Å². The molecule has 25 rings (SSSR count). The number of hydrogen-bond donors (Lipinski definition) is 0. The van der Waals surface area contributed by atoms with Crippen molar-refractivity contribution >= 4 is 115 Å². The molecule has 4 nitrogen and oxygen atoms in total. The number of rotatable bonds is 10. The molecule has 1 saturated heterocycles. The van der Waals surface area contributed by atoms with Gasteiger partial charge in [0.1, 0.15) is 0 Å². The van der Waals surface area contributed by atoms with Gasteiger partial charge in [-0.3, -0.25) is 0 Å². The Morgan fingerprint density at radius 1 is 0.219 bits per heavy atom. The Hall–Kier alpha value is -14.8. The molecular weight excluding hydrogens is 1620 g/mol. The van der Waals surface area contributed by atoms with Crippen molar-refractivity contribution in [2.24, 2.45) is 0 Å². The smallest absolute Gasteiger partial charge is 0.399 e. The van der Waals surface area contributed by atoms with Crippen LogP contribution in [0.3, 0.4) is 0 Å². The molecule has 0 saturated carbocycles. The largest absolute Gasteiger partial charge is 0.494 e. The molecule has 2 aromatic heterocycles. The highest BCUT2D eigenvalue weighted by atomic mass is 79.9. The topological polar surface area (TPSA) is 44.2 Å². The fourth-order valence-electron chi connectivity index (χ4n) is 21.3. The summed E-state index contributed by atoms with van der Waals surface area (Å²) < 4.78 is 13.9. The van der Waals surface area contributed by atoms with Crippen LogP contribution in [-0.2, 0) is 20.1 Å². The van der Waals surface area contributed by atoms with Crippen molar-refractivity contribution in [3.63, 3.8) is 0 Å². The lowest BCUT2D eigenvalue weighted by Crippen LogP contribution is -2.41. The number of nitrogens with zero attached hydrogens (tertiary/aromatic N) is 2. The van der Waals surface area contributed by atoms with E-state index in [0.29, 0.717) is 0 Å². The second kappa shape index (κ2) is 31.4. The highest BCUT2D eigenvalue weighted by molar-refractivity contribution is 9.10. The van der Waals surface area contributed by atoms with Crippen LogP contribution < -0.4 is 5.46 Å². The van der Waals surface area contributed by atoms with Gasteiger partial charge in [0.25, 0.3) is 0 Å². The number of pyridine rings is 2. The minimum Gasteiger partial charge on any atom is -0.399 e. The van der Waals surface area contributed by atoms with Crippen LogP contribution in [0.4, 0.5) is 0 Å². The Bertz CT molecular complexity index is 7900. The molecule has 2 aliphatic carbocycles. The highest BCUT2D eigenvalue weighted by Gasteiger charge is 2.53. The van der Waals surface area contributed by atoms with Crippen molar-refractivity contribution in [2.75, 3.05) is 0 Å².